The zero-order chi connectivity index (χ0) is 20.4. The molecule has 0 fully saturated rings. The van der Waals surface area contributed by atoms with E-state index in [2.05, 4.69) is 10.3 Å². The van der Waals surface area contributed by atoms with E-state index in [4.69, 9.17) is 4.74 Å². The van der Waals surface area contributed by atoms with Crippen molar-refractivity contribution < 1.29 is 19.1 Å². The standard InChI is InChI=1S/C21H17N3O4S/c1-13-6-8-14(9-7-13)22-21-23-15(12-29-21)11-28-18(25)10-24-19(26)16-4-2-3-5-17(16)20(24)27/h2-9,12H,10-11H2,1H3,(H,22,23). The predicted octanol–water partition coefficient (Wildman–Crippen LogP) is 3.53. The van der Waals surface area contributed by atoms with E-state index in [-0.39, 0.29) is 6.61 Å². The van der Waals surface area contributed by atoms with Gasteiger partial charge < -0.3 is 10.1 Å². The fourth-order valence-corrected chi connectivity index (χ4v) is 3.62. The van der Waals surface area contributed by atoms with Crippen LogP contribution < -0.4 is 5.32 Å². The molecule has 0 atom stereocenters. The fraction of sp³-hybridized carbons (Fsp3) is 0.143. The Morgan fingerprint density at radius 3 is 2.38 bits per heavy atom. The van der Waals surface area contributed by atoms with Gasteiger partial charge in [0, 0.05) is 11.1 Å². The number of nitrogens with zero attached hydrogens (tertiary/aromatic N) is 2. The lowest BCUT2D eigenvalue weighted by Gasteiger charge is -2.12. The Morgan fingerprint density at radius 2 is 1.72 bits per heavy atom. The molecule has 146 valence electrons. The summed E-state index contributed by atoms with van der Waals surface area (Å²) in [4.78, 5) is 42.0. The van der Waals surface area contributed by atoms with E-state index in [1.165, 1.54) is 16.9 Å². The van der Waals surface area contributed by atoms with Crippen LogP contribution in [0.2, 0.25) is 0 Å². The van der Waals surface area contributed by atoms with Gasteiger partial charge in [-0.05, 0) is 31.2 Å². The van der Waals surface area contributed by atoms with Crippen LogP contribution in [-0.2, 0) is 16.1 Å². The lowest BCUT2D eigenvalue weighted by molar-refractivity contribution is -0.145. The summed E-state index contributed by atoms with van der Waals surface area (Å²) >= 11 is 1.39. The lowest BCUT2D eigenvalue weighted by Crippen LogP contribution is -2.35. The summed E-state index contributed by atoms with van der Waals surface area (Å²) in [6, 6.07) is 14.4. The molecule has 4 rings (SSSR count). The van der Waals surface area contributed by atoms with Crippen molar-refractivity contribution in [1.29, 1.82) is 0 Å². The maximum Gasteiger partial charge on any atom is 0.326 e. The number of fused-ring (bicyclic) bond motifs is 1. The van der Waals surface area contributed by atoms with E-state index in [9.17, 15) is 14.4 Å². The Morgan fingerprint density at radius 1 is 1.07 bits per heavy atom. The van der Waals surface area contributed by atoms with Crippen LogP contribution >= 0.6 is 11.3 Å². The highest BCUT2D eigenvalue weighted by Gasteiger charge is 2.36. The minimum Gasteiger partial charge on any atom is -0.458 e. The Kier molecular flexibility index (Phi) is 5.09. The number of anilines is 2. The van der Waals surface area contributed by atoms with Crippen molar-refractivity contribution in [2.45, 2.75) is 13.5 Å². The van der Waals surface area contributed by atoms with Gasteiger partial charge in [0.1, 0.15) is 13.2 Å². The monoisotopic (exact) mass is 407 g/mol. The molecule has 29 heavy (non-hydrogen) atoms. The SMILES string of the molecule is Cc1ccc(Nc2nc(COC(=O)CN3C(=O)c4ccccc4C3=O)cs2)cc1. The molecule has 2 heterocycles. The summed E-state index contributed by atoms with van der Waals surface area (Å²) in [5.41, 5.74) is 3.27. The van der Waals surface area contributed by atoms with Crippen molar-refractivity contribution in [3.8, 4) is 0 Å². The number of imide groups is 1. The number of hydrogen-bond donors (Lipinski definition) is 1. The topological polar surface area (TPSA) is 88.6 Å². The molecule has 0 saturated carbocycles. The largest absolute Gasteiger partial charge is 0.458 e. The number of carbonyl (C=O) groups is 3. The van der Waals surface area contributed by atoms with Crippen molar-refractivity contribution in [1.82, 2.24) is 9.88 Å². The third kappa shape index (κ3) is 4.02. The minimum absolute atomic E-state index is 0.0337. The second-order valence-electron chi connectivity index (χ2n) is 6.54. The third-order valence-corrected chi connectivity index (χ3v) is 5.21. The Hall–Kier alpha value is -3.52. The zero-order valence-corrected chi connectivity index (χ0v) is 16.4. The summed E-state index contributed by atoms with van der Waals surface area (Å²) < 4.78 is 5.20. The predicted molar refractivity (Wildman–Crippen MR) is 108 cm³/mol. The molecule has 2 aromatic carbocycles. The lowest BCUT2D eigenvalue weighted by atomic mass is 10.1. The van der Waals surface area contributed by atoms with Crippen LogP contribution in [0.3, 0.4) is 0 Å². The van der Waals surface area contributed by atoms with E-state index < -0.39 is 24.3 Å². The molecule has 0 aliphatic carbocycles. The first-order valence-electron chi connectivity index (χ1n) is 8.90. The van der Waals surface area contributed by atoms with E-state index in [1.54, 1.807) is 29.6 Å². The van der Waals surface area contributed by atoms with Gasteiger partial charge in [0.05, 0.1) is 16.8 Å². The number of amides is 2. The maximum atomic E-state index is 12.3. The summed E-state index contributed by atoms with van der Waals surface area (Å²) in [6.07, 6.45) is 0. The van der Waals surface area contributed by atoms with Crippen molar-refractivity contribution in [2.75, 3.05) is 11.9 Å². The molecule has 0 saturated heterocycles. The van der Waals surface area contributed by atoms with Crippen LogP contribution in [0.1, 0.15) is 32.0 Å². The van der Waals surface area contributed by atoms with Gasteiger partial charge in [-0.25, -0.2) is 4.98 Å². The molecule has 8 heteroatoms. The van der Waals surface area contributed by atoms with E-state index in [0.717, 1.165) is 10.6 Å². The molecule has 2 amide bonds. The number of rotatable bonds is 6. The van der Waals surface area contributed by atoms with Crippen LogP contribution in [0, 0.1) is 6.92 Å². The van der Waals surface area contributed by atoms with Gasteiger partial charge in [-0.15, -0.1) is 11.3 Å². The molecule has 0 unspecified atom stereocenters. The highest BCUT2D eigenvalue weighted by atomic mass is 32.1. The highest BCUT2D eigenvalue weighted by Crippen LogP contribution is 2.23. The van der Waals surface area contributed by atoms with Gasteiger partial charge in [-0.3, -0.25) is 19.3 Å². The van der Waals surface area contributed by atoms with E-state index in [0.29, 0.717) is 22.0 Å². The van der Waals surface area contributed by atoms with Gasteiger partial charge in [-0.1, -0.05) is 29.8 Å². The average molecular weight is 407 g/mol. The second-order valence-corrected chi connectivity index (χ2v) is 7.40. The number of hydrogen-bond acceptors (Lipinski definition) is 7. The molecule has 1 aliphatic heterocycles. The van der Waals surface area contributed by atoms with E-state index in [1.807, 2.05) is 31.2 Å². The number of nitrogens with one attached hydrogen (secondary N) is 1. The normalized spacial score (nSPS) is 12.8. The van der Waals surface area contributed by atoms with Gasteiger partial charge in [-0.2, -0.15) is 0 Å². The number of esters is 1. The first-order valence-corrected chi connectivity index (χ1v) is 9.78. The number of thiazole rings is 1. The molecule has 7 nitrogen and oxygen atoms in total. The van der Waals surface area contributed by atoms with Crippen molar-refractivity contribution in [3.05, 3.63) is 76.3 Å². The summed E-state index contributed by atoms with van der Waals surface area (Å²) in [5, 5.41) is 5.65. The molecule has 1 aromatic heterocycles. The van der Waals surface area contributed by atoms with Crippen LogP contribution in [0.4, 0.5) is 10.8 Å². The summed E-state index contributed by atoms with van der Waals surface area (Å²) in [5.74, 6) is -1.64. The van der Waals surface area contributed by atoms with Crippen LogP contribution in [0.25, 0.3) is 0 Å². The number of aromatic nitrogens is 1. The first-order chi connectivity index (χ1) is 14.0. The van der Waals surface area contributed by atoms with Crippen LogP contribution in [0.15, 0.2) is 53.9 Å². The van der Waals surface area contributed by atoms with Crippen molar-refractivity contribution in [2.24, 2.45) is 0 Å². The molecule has 1 aliphatic rings. The van der Waals surface area contributed by atoms with Crippen LogP contribution in [-0.4, -0.2) is 34.2 Å². The Labute approximate surface area is 170 Å². The molecule has 0 spiro atoms. The quantitative estimate of drug-likeness (QED) is 0.497. The number of aryl methyl sites for hydroxylation is 1. The molecular formula is C21H17N3O4S. The average Bonchev–Trinajstić information content (AvgIpc) is 3.27. The molecule has 0 radical (unpaired) electrons. The number of ether oxygens (including phenoxy) is 1. The van der Waals surface area contributed by atoms with Crippen molar-refractivity contribution in [3.63, 3.8) is 0 Å². The fourth-order valence-electron chi connectivity index (χ4n) is 2.90. The molecular weight excluding hydrogens is 390 g/mol. The van der Waals surface area contributed by atoms with Crippen LogP contribution in [0.5, 0.6) is 0 Å². The van der Waals surface area contributed by atoms with Gasteiger partial charge in [0.2, 0.25) is 0 Å². The molecule has 0 bridgehead atoms. The van der Waals surface area contributed by atoms with E-state index >= 15 is 0 Å². The second kappa shape index (κ2) is 7.84. The Balaban J connectivity index is 1.31. The first kappa shape index (κ1) is 18.8. The van der Waals surface area contributed by atoms with Crippen molar-refractivity contribution >= 4 is 39.9 Å². The minimum atomic E-state index is -0.666. The summed E-state index contributed by atoms with van der Waals surface area (Å²) in [7, 11) is 0. The van der Waals surface area contributed by atoms with Gasteiger partial charge in [0.25, 0.3) is 11.8 Å². The zero-order valence-electron chi connectivity index (χ0n) is 15.5. The van der Waals surface area contributed by atoms with Gasteiger partial charge >= 0.3 is 5.97 Å². The maximum absolute atomic E-state index is 12.3. The molecule has 1 N–H and O–H groups in total. The smallest absolute Gasteiger partial charge is 0.326 e. The Bertz CT molecular complexity index is 1060. The number of benzene rings is 2. The third-order valence-electron chi connectivity index (χ3n) is 4.40. The molecule has 3 aromatic rings. The van der Waals surface area contributed by atoms with Gasteiger partial charge in [0.15, 0.2) is 5.13 Å². The summed E-state index contributed by atoms with van der Waals surface area (Å²) in [6.45, 7) is 1.56. The highest BCUT2D eigenvalue weighted by molar-refractivity contribution is 7.13. The number of carbonyl (C=O) groups excluding carboxylic acids is 3.